The molecule has 4 atom stereocenters. The quantitative estimate of drug-likeness (QED) is 0.313. The van der Waals surface area contributed by atoms with Gasteiger partial charge in [-0.05, 0) is 36.5 Å². The van der Waals surface area contributed by atoms with E-state index in [-0.39, 0.29) is 29.7 Å². The molecule has 0 spiro atoms. The number of amides is 1. The van der Waals surface area contributed by atoms with Gasteiger partial charge in [0.05, 0.1) is 38.0 Å². The fourth-order valence-corrected chi connectivity index (χ4v) is 7.01. The molecule has 0 radical (unpaired) electrons. The van der Waals surface area contributed by atoms with E-state index in [1.807, 2.05) is 0 Å². The zero-order chi connectivity index (χ0) is 27.6. The zero-order valence-electron chi connectivity index (χ0n) is 21.3. The number of fused-ring (bicyclic) bond motifs is 3. The highest BCUT2D eigenvalue weighted by Gasteiger charge is 2.64. The lowest BCUT2D eigenvalue weighted by molar-refractivity contribution is -0.157. The summed E-state index contributed by atoms with van der Waals surface area (Å²) >= 11 is 0. The minimum absolute atomic E-state index is 0.0587. The third-order valence-corrected chi connectivity index (χ3v) is 8.81. The van der Waals surface area contributed by atoms with Gasteiger partial charge in [-0.1, -0.05) is 0 Å². The highest BCUT2D eigenvalue weighted by Crippen LogP contribution is 2.53. The van der Waals surface area contributed by atoms with Gasteiger partial charge in [0.15, 0.2) is 11.4 Å². The van der Waals surface area contributed by atoms with E-state index in [2.05, 4.69) is 4.90 Å². The number of aliphatic hydroxyl groups is 3. The molecular weight excluding hydrogens is 510 g/mol. The molecule has 2 heterocycles. The molecule has 6 N–H and O–H groups in total. The standard InChI is InChI=1S/C27H31N3O9/c28-26(36)20-23(33)21(30-5-9-39-10-6-30)15-12-13-11-14-16(29-3-7-38-8-4-29)1-2-17(31)19(14)22(32)18(13)24(34)27(15,37)25(20)35/h1-2,13,15,21,31-32,35,37H,3-12H2,(H2,28,36)/t13-,15?,21+,27-/m0/s1. The molecule has 5 aliphatic rings. The molecule has 208 valence electrons. The molecule has 12 heteroatoms. The van der Waals surface area contributed by atoms with Crippen LogP contribution in [0.1, 0.15) is 17.5 Å². The van der Waals surface area contributed by atoms with Gasteiger partial charge >= 0.3 is 0 Å². The summed E-state index contributed by atoms with van der Waals surface area (Å²) in [7, 11) is 0. The number of nitrogens with two attached hydrogens (primary N) is 1. The second kappa shape index (κ2) is 9.33. The van der Waals surface area contributed by atoms with Gasteiger partial charge in [0.1, 0.15) is 22.8 Å². The van der Waals surface area contributed by atoms with E-state index in [1.165, 1.54) is 6.07 Å². The molecule has 0 aromatic heterocycles. The maximum Gasteiger partial charge on any atom is 0.255 e. The zero-order valence-corrected chi connectivity index (χ0v) is 21.3. The molecule has 1 amide bonds. The molecule has 1 unspecified atom stereocenters. The molecule has 6 rings (SSSR count). The van der Waals surface area contributed by atoms with Gasteiger partial charge in [-0.25, -0.2) is 0 Å². The Balaban J connectivity index is 1.51. The number of phenolic OH excluding ortho intramolecular Hbond substituents is 1. The summed E-state index contributed by atoms with van der Waals surface area (Å²) in [4.78, 5) is 43.8. The van der Waals surface area contributed by atoms with Crippen molar-refractivity contribution in [3.05, 3.63) is 40.2 Å². The number of hydrogen-bond acceptors (Lipinski definition) is 11. The molecule has 2 saturated heterocycles. The second-order valence-electron chi connectivity index (χ2n) is 10.7. The summed E-state index contributed by atoms with van der Waals surface area (Å²) in [6.07, 6.45) is 0.314. The maximum absolute atomic E-state index is 14.1. The summed E-state index contributed by atoms with van der Waals surface area (Å²) in [6, 6.07) is 2.11. The van der Waals surface area contributed by atoms with Crippen LogP contribution in [0, 0.1) is 11.8 Å². The first-order valence-electron chi connectivity index (χ1n) is 13.1. The molecule has 1 saturated carbocycles. The SMILES string of the molecule is NC(=O)C1=C(O)[C@@]2(O)C(=O)C3=C(O)c4c(O)ccc(N5CCOCC5)c4C[C@H]3CC2[C@@H](N2CCOCC2)C1=O. The first kappa shape index (κ1) is 25.8. The first-order chi connectivity index (χ1) is 18.7. The predicted molar refractivity (Wildman–Crippen MR) is 136 cm³/mol. The molecular formula is C27H31N3O9. The van der Waals surface area contributed by atoms with Crippen molar-refractivity contribution in [2.45, 2.75) is 24.5 Å². The van der Waals surface area contributed by atoms with E-state index in [0.717, 1.165) is 5.69 Å². The topological polar surface area (TPSA) is 183 Å². The van der Waals surface area contributed by atoms with Crippen molar-refractivity contribution < 1.29 is 44.3 Å². The summed E-state index contributed by atoms with van der Waals surface area (Å²) in [5.41, 5.74) is 3.37. The summed E-state index contributed by atoms with van der Waals surface area (Å²) in [5, 5.41) is 45.1. The van der Waals surface area contributed by atoms with Crippen LogP contribution in [-0.2, 0) is 30.3 Å². The number of morpholine rings is 2. The fourth-order valence-electron chi connectivity index (χ4n) is 7.01. The van der Waals surface area contributed by atoms with Gasteiger partial charge in [0, 0.05) is 43.4 Å². The Bertz CT molecular complexity index is 1330. The van der Waals surface area contributed by atoms with Crippen molar-refractivity contribution in [1.82, 2.24) is 4.90 Å². The van der Waals surface area contributed by atoms with Crippen LogP contribution in [0.2, 0.25) is 0 Å². The third kappa shape index (κ3) is 3.69. The van der Waals surface area contributed by atoms with E-state index < -0.39 is 58.0 Å². The van der Waals surface area contributed by atoms with Gasteiger partial charge in [-0.2, -0.15) is 0 Å². The van der Waals surface area contributed by atoms with E-state index >= 15 is 0 Å². The number of primary amides is 1. The highest BCUT2D eigenvalue weighted by atomic mass is 16.5. The number of carbonyl (C=O) groups is 3. The largest absolute Gasteiger partial charge is 0.508 e. The van der Waals surface area contributed by atoms with E-state index in [9.17, 15) is 34.8 Å². The number of nitrogens with zero attached hydrogens (tertiary/aromatic N) is 2. The van der Waals surface area contributed by atoms with Crippen LogP contribution in [0.25, 0.3) is 5.76 Å². The Morgan fingerprint density at radius 2 is 1.64 bits per heavy atom. The number of benzene rings is 1. The molecule has 3 fully saturated rings. The van der Waals surface area contributed by atoms with Crippen molar-refractivity contribution in [3.63, 3.8) is 0 Å². The lowest BCUT2D eigenvalue weighted by atomic mass is 9.57. The van der Waals surface area contributed by atoms with Crippen molar-refractivity contribution in [1.29, 1.82) is 0 Å². The van der Waals surface area contributed by atoms with E-state index in [1.54, 1.807) is 11.0 Å². The Hall–Kier alpha value is -3.45. The van der Waals surface area contributed by atoms with Crippen LogP contribution < -0.4 is 10.6 Å². The minimum atomic E-state index is -2.66. The average Bonchev–Trinajstić information content (AvgIpc) is 2.92. The minimum Gasteiger partial charge on any atom is -0.508 e. The number of anilines is 1. The van der Waals surface area contributed by atoms with Crippen LogP contribution in [0.15, 0.2) is 29.0 Å². The lowest BCUT2D eigenvalue weighted by Crippen LogP contribution is -2.67. The lowest BCUT2D eigenvalue weighted by Gasteiger charge is -2.51. The Kier molecular flexibility index (Phi) is 6.18. The number of rotatable bonds is 3. The number of ether oxygens (including phenoxy) is 2. The van der Waals surface area contributed by atoms with Crippen molar-refractivity contribution in [3.8, 4) is 5.75 Å². The molecule has 0 bridgehead atoms. The van der Waals surface area contributed by atoms with Gasteiger partial charge in [0.2, 0.25) is 5.78 Å². The monoisotopic (exact) mass is 541 g/mol. The Morgan fingerprint density at radius 1 is 1.00 bits per heavy atom. The molecule has 1 aromatic rings. The molecule has 2 aliphatic heterocycles. The first-order valence-corrected chi connectivity index (χ1v) is 13.1. The Morgan fingerprint density at radius 3 is 2.28 bits per heavy atom. The second-order valence-corrected chi connectivity index (χ2v) is 10.7. The van der Waals surface area contributed by atoms with Crippen molar-refractivity contribution in [2.24, 2.45) is 17.6 Å². The molecule has 39 heavy (non-hydrogen) atoms. The van der Waals surface area contributed by atoms with E-state index in [0.29, 0.717) is 58.2 Å². The summed E-state index contributed by atoms with van der Waals surface area (Å²) in [6.45, 7) is 3.55. The number of Topliss-reactive ketones (excluding diaryl/α,β-unsaturated/α-hetero) is 2. The number of carbonyl (C=O) groups excluding carboxylic acids is 3. The normalized spacial score (nSPS) is 31.6. The van der Waals surface area contributed by atoms with Crippen LogP contribution >= 0.6 is 0 Å². The molecule has 12 nitrogen and oxygen atoms in total. The van der Waals surface area contributed by atoms with Crippen LogP contribution in [0.4, 0.5) is 5.69 Å². The van der Waals surface area contributed by atoms with Gasteiger partial charge < -0.3 is 40.5 Å². The Labute approximate surface area is 223 Å². The highest BCUT2D eigenvalue weighted by molar-refractivity contribution is 6.24. The predicted octanol–water partition coefficient (Wildman–Crippen LogP) is -0.429. The summed E-state index contributed by atoms with van der Waals surface area (Å²) in [5.74, 6) is -6.53. The maximum atomic E-state index is 14.1. The third-order valence-electron chi connectivity index (χ3n) is 8.81. The van der Waals surface area contributed by atoms with Gasteiger partial charge in [-0.15, -0.1) is 0 Å². The van der Waals surface area contributed by atoms with Crippen LogP contribution in [-0.4, -0.2) is 107 Å². The van der Waals surface area contributed by atoms with Gasteiger partial charge in [-0.3, -0.25) is 19.3 Å². The van der Waals surface area contributed by atoms with Crippen LogP contribution in [0.3, 0.4) is 0 Å². The number of phenols is 1. The molecule has 1 aromatic carbocycles. The van der Waals surface area contributed by atoms with Gasteiger partial charge in [0.25, 0.3) is 5.91 Å². The van der Waals surface area contributed by atoms with E-state index in [4.69, 9.17) is 15.2 Å². The molecule has 3 aliphatic carbocycles. The van der Waals surface area contributed by atoms with Crippen molar-refractivity contribution in [2.75, 3.05) is 57.5 Å². The number of ketones is 2. The summed E-state index contributed by atoms with van der Waals surface area (Å²) < 4.78 is 10.9. The number of aromatic hydroxyl groups is 1. The fraction of sp³-hybridized carbons (Fsp3) is 0.519. The van der Waals surface area contributed by atoms with Crippen molar-refractivity contribution >= 4 is 28.9 Å². The average molecular weight is 542 g/mol. The number of aliphatic hydroxyl groups excluding tert-OH is 2. The smallest absolute Gasteiger partial charge is 0.255 e. The number of hydrogen-bond donors (Lipinski definition) is 5. The van der Waals surface area contributed by atoms with Crippen LogP contribution in [0.5, 0.6) is 5.75 Å².